The second-order valence-corrected chi connectivity index (χ2v) is 4.24. The molecule has 0 aromatic carbocycles. The normalized spacial score (nSPS) is 10.3. The van der Waals surface area contributed by atoms with Gasteiger partial charge in [0, 0.05) is 18.6 Å². The maximum atomic E-state index is 12.0. The summed E-state index contributed by atoms with van der Waals surface area (Å²) in [7, 11) is 0. The van der Waals surface area contributed by atoms with Crippen molar-refractivity contribution in [3.8, 4) is 5.95 Å². The highest BCUT2D eigenvalue weighted by molar-refractivity contribution is 6.02. The average molecular weight is 281 g/mol. The van der Waals surface area contributed by atoms with Gasteiger partial charge in [0.2, 0.25) is 5.95 Å². The van der Waals surface area contributed by atoms with Gasteiger partial charge >= 0.3 is 0 Å². The molecule has 0 fully saturated rings. The van der Waals surface area contributed by atoms with Crippen molar-refractivity contribution in [2.45, 2.75) is 6.92 Å². The molecule has 104 valence electrons. The average Bonchev–Trinajstić information content (AvgIpc) is 3.03. The van der Waals surface area contributed by atoms with Gasteiger partial charge in [-0.1, -0.05) is 0 Å². The molecule has 0 spiro atoms. The zero-order valence-electron chi connectivity index (χ0n) is 11.1. The summed E-state index contributed by atoms with van der Waals surface area (Å²) in [4.78, 5) is 32.2. The highest BCUT2D eigenvalue weighted by Crippen LogP contribution is 2.07. The number of hydrogen-bond donors (Lipinski definition) is 1. The van der Waals surface area contributed by atoms with Crippen LogP contribution in [-0.4, -0.2) is 35.4 Å². The Bertz CT molecular complexity index is 735. The van der Waals surface area contributed by atoms with Crippen LogP contribution >= 0.6 is 0 Å². The van der Waals surface area contributed by atoms with E-state index in [-0.39, 0.29) is 11.6 Å². The SMILES string of the molecule is Cc1cnc(C(=O)Nc2cnc(-n3ccnc3)nc2)cn1. The summed E-state index contributed by atoms with van der Waals surface area (Å²) in [6, 6.07) is 0. The van der Waals surface area contributed by atoms with E-state index in [1.54, 1.807) is 30.2 Å². The molecule has 8 nitrogen and oxygen atoms in total. The van der Waals surface area contributed by atoms with E-state index < -0.39 is 0 Å². The molecule has 3 aromatic heterocycles. The van der Waals surface area contributed by atoms with E-state index in [9.17, 15) is 4.79 Å². The van der Waals surface area contributed by atoms with Crippen LogP contribution in [0.1, 0.15) is 16.2 Å². The summed E-state index contributed by atoms with van der Waals surface area (Å²) in [6.45, 7) is 1.80. The minimum absolute atomic E-state index is 0.235. The molecule has 0 unspecified atom stereocenters. The van der Waals surface area contributed by atoms with E-state index >= 15 is 0 Å². The van der Waals surface area contributed by atoms with Crippen molar-refractivity contribution >= 4 is 11.6 Å². The molecule has 0 aliphatic carbocycles. The van der Waals surface area contributed by atoms with Crippen molar-refractivity contribution < 1.29 is 4.79 Å². The third-order valence-electron chi connectivity index (χ3n) is 2.65. The number of carbonyl (C=O) groups excluding carboxylic acids is 1. The molecule has 0 saturated carbocycles. The summed E-state index contributed by atoms with van der Waals surface area (Å²) in [6.07, 6.45) is 10.9. The van der Waals surface area contributed by atoms with Crippen LogP contribution in [-0.2, 0) is 0 Å². The lowest BCUT2D eigenvalue weighted by atomic mass is 10.4. The maximum Gasteiger partial charge on any atom is 0.275 e. The molecular formula is C13H11N7O. The van der Waals surface area contributed by atoms with Crippen LogP contribution in [0.25, 0.3) is 5.95 Å². The molecule has 3 heterocycles. The third kappa shape index (κ3) is 2.89. The van der Waals surface area contributed by atoms with Crippen molar-refractivity contribution in [2.24, 2.45) is 0 Å². The zero-order valence-corrected chi connectivity index (χ0v) is 11.1. The quantitative estimate of drug-likeness (QED) is 0.769. The first-order chi connectivity index (χ1) is 10.2. The zero-order chi connectivity index (χ0) is 14.7. The molecule has 0 atom stereocenters. The van der Waals surface area contributed by atoms with E-state index in [0.717, 1.165) is 5.69 Å². The van der Waals surface area contributed by atoms with Crippen LogP contribution in [0.3, 0.4) is 0 Å². The van der Waals surface area contributed by atoms with Crippen LogP contribution < -0.4 is 5.32 Å². The number of hydrogen-bond acceptors (Lipinski definition) is 6. The van der Waals surface area contributed by atoms with Gasteiger partial charge in [0.15, 0.2) is 0 Å². The topological polar surface area (TPSA) is 98.5 Å². The first-order valence-corrected chi connectivity index (χ1v) is 6.13. The molecular weight excluding hydrogens is 270 g/mol. The minimum Gasteiger partial charge on any atom is -0.318 e. The molecule has 3 rings (SSSR count). The fourth-order valence-corrected chi connectivity index (χ4v) is 1.60. The monoisotopic (exact) mass is 281 g/mol. The van der Waals surface area contributed by atoms with Crippen molar-refractivity contribution in [3.63, 3.8) is 0 Å². The predicted molar refractivity (Wildman–Crippen MR) is 73.9 cm³/mol. The van der Waals surface area contributed by atoms with E-state index in [4.69, 9.17) is 0 Å². The standard InChI is InChI=1S/C13H11N7O/c1-9-4-16-11(7-15-9)12(21)19-10-5-17-13(18-6-10)20-3-2-14-8-20/h2-8H,1H3,(H,19,21). The Balaban J connectivity index is 1.73. The van der Waals surface area contributed by atoms with Gasteiger partial charge in [0.1, 0.15) is 12.0 Å². The van der Waals surface area contributed by atoms with Gasteiger partial charge in [0.25, 0.3) is 5.91 Å². The van der Waals surface area contributed by atoms with Gasteiger partial charge in [-0.3, -0.25) is 14.3 Å². The lowest BCUT2D eigenvalue weighted by Crippen LogP contribution is -2.14. The van der Waals surface area contributed by atoms with Crippen molar-refractivity contribution in [1.82, 2.24) is 29.5 Å². The van der Waals surface area contributed by atoms with Crippen LogP contribution in [0, 0.1) is 6.92 Å². The number of nitrogens with zero attached hydrogens (tertiary/aromatic N) is 6. The number of aromatic nitrogens is 6. The van der Waals surface area contributed by atoms with E-state index in [1.165, 1.54) is 24.8 Å². The molecule has 0 radical (unpaired) electrons. The second-order valence-electron chi connectivity index (χ2n) is 4.24. The maximum absolute atomic E-state index is 12.0. The molecule has 8 heteroatoms. The van der Waals surface area contributed by atoms with Crippen LogP contribution in [0.5, 0.6) is 0 Å². The molecule has 0 saturated heterocycles. The van der Waals surface area contributed by atoms with Crippen LogP contribution in [0.15, 0.2) is 43.5 Å². The van der Waals surface area contributed by atoms with Crippen molar-refractivity contribution in [1.29, 1.82) is 0 Å². The number of aryl methyl sites for hydroxylation is 1. The van der Waals surface area contributed by atoms with E-state index in [1.807, 2.05) is 0 Å². The molecule has 0 aliphatic rings. The Hall–Kier alpha value is -3.16. The number of carbonyl (C=O) groups is 1. The lowest BCUT2D eigenvalue weighted by molar-refractivity contribution is 0.102. The summed E-state index contributed by atoms with van der Waals surface area (Å²) < 4.78 is 1.66. The van der Waals surface area contributed by atoms with Gasteiger partial charge < -0.3 is 5.32 Å². The molecule has 21 heavy (non-hydrogen) atoms. The van der Waals surface area contributed by atoms with Gasteiger partial charge in [0.05, 0.1) is 30.0 Å². The fourth-order valence-electron chi connectivity index (χ4n) is 1.60. The van der Waals surface area contributed by atoms with Crippen LogP contribution in [0.4, 0.5) is 5.69 Å². The largest absolute Gasteiger partial charge is 0.318 e. The first-order valence-electron chi connectivity index (χ1n) is 6.13. The van der Waals surface area contributed by atoms with Gasteiger partial charge in [-0.05, 0) is 6.92 Å². The number of rotatable bonds is 3. The molecule has 1 N–H and O–H groups in total. The highest BCUT2D eigenvalue weighted by Gasteiger charge is 2.08. The van der Waals surface area contributed by atoms with E-state index in [2.05, 4.69) is 30.2 Å². The number of amides is 1. The highest BCUT2D eigenvalue weighted by atomic mass is 16.1. The molecule has 1 amide bonds. The Morgan fingerprint density at radius 2 is 1.90 bits per heavy atom. The summed E-state index contributed by atoms with van der Waals surface area (Å²) in [5, 5.41) is 2.66. The van der Waals surface area contributed by atoms with Crippen molar-refractivity contribution in [2.75, 3.05) is 5.32 Å². The Labute approximate surface area is 120 Å². The predicted octanol–water partition coefficient (Wildman–Crippen LogP) is 1.01. The number of anilines is 1. The molecule has 0 aliphatic heterocycles. The van der Waals surface area contributed by atoms with Crippen molar-refractivity contribution in [3.05, 3.63) is 54.9 Å². The lowest BCUT2D eigenvalue weighted by Gasteiger charge is -2.05. The number of nitrogens with one attached hydrogen (secondary N) is 1. The smallest absolute Gasteiger partial charge is 0.275 e. The van der Waals surface area contributed by atoms with Gasteiger partial charge in [-0.2, -0.15) is 0 Å². The summed E-state index contributed by atoms with van der Waals surface area (Å²) in [5.41, 5.74) is 1.46. The molecule has 3 aromatic rings. The minimum atomic E-state index is -0.360. The second kappa shape index (κ2) is 5.45. The molecule has 0 bridgehead atoms. The third-order valence-corrected chi connectivity index (χ3v) is 2.65. The Morgan fingerprint density at radius 3 is 2.52 bits per heavy atom. The van der Waals surface area contributed by atoms with E-state index in [0.29, 0.717) is 11.6 Å². The Morgan fingerprint density at radius 1 is 1.10 bits per heavy atom. The fraction of sp³-hybridized carbons (Fsp3) is 0.0769. The number of imidazole rings is 1. The summed E-state index contributed by atoms with van der Waals surface area (Å²) >= 11 is 0. The summed E-state index contributed by atoms with van der Waals surface area (Å²) in [5.74, 6) is 0.113. The van der Waals surface area contributed by atoms with Gasteiger partial charge in [-0.25, -0.2) is 19.9 Å². The van der Waals surface area contributed by atoms with Gasteiger partial charge in [-0.15, -0.1) is 0 Å². The Kier molecular flexibility index (Phi) is 3.34. The first kappa shape index (κ1) is 12.9. The van der Waals surface area contributed by atoms with Crippen LogP contribution in [0.2, 0.25) is 0 Å².